The number of thioether (sulfide) groups is 1. The van der Waals surface area contributed by atoms with E-state index in [1.165, 1.54) is 17.8 Å². The molecule has 2 rings (SSSR count). The highest BCUT2D eigenvalue weighted by Crippen LogP contribution is 2.33. The maximum Gasteiger partial charge on any atom is 0.416 e. The quantitative estimate of drug-likeness (QED) is 0.754. The number of hydrogen-bond donors (Lipinski definition) is 0. The van der Waals surface area contributed by atoms with Crippen molar-refractivity contribution in [3.05, 3.63) is 65.2 Å². The van der Waals surface area contributed by atoms with Crippen molar-refractivity contribution in [2.75, 3.05) is 0 Å². The Morgan fingerprint density at radius 3 is 2.35 bits per heavy atom. The van der Waals surface area contributed by atoms with Crippen LogP contribution in [0.25, 0.3) is 0 Å². The number of halogens is 3. The summed E-state index contributed by atoms with van der Waals surface area (Å²) in [7, 11) is 0. The van der Waals surface area contributed by atoms with Crippen LogP contribution in [-0.4, -0.2) is 0 Å². The molecule has 0 fully saturated rings. The Morgan fingerprint density at radius 1 is 1.05 bits per heavy atom. The fraction of sp³-hybridized carbons (Fsp3) is 0.133. The van der Waals surface area contributed by atoms with Crippen molar-refractivity contribution >= 4 is 11.8 Å². The maximum absolute atomic E-state index is 12.7. The molecule has 1 nitrogen and oxygen atoms in total. The van der Waals surface area contributed by atoms with Gasteiger partial charge in [-0.1, -0.05) is 30.3 Å². The smallest absolute Gasteiger partial charge is 0.192 e. The molecular formula is C15H10F3NS. The molecule has 0 radical (unpaired) electrons. The number of rotatable bonds is 3. The van der Waals surface area contributed by atoms with E-state index in [1.54, 1.807) is 6.07 Å². The average Bonchev–Trinajstić information content (AvgIpc) is 2.45. The van der Waals surface area contributed by atoms with Gasteiger partial charge in [-0.2, -0.15) is 18.4 Å². The van der Waals surface area contributed by atoms with Gasteiger partial charge in [0.15, 0.2) is 0 Å². The second-order valence-electron chi connectivity index (χ2n) is 4.13. The van der Waals surface area contributed by atoms with Crippen molar-refractivity contribution < 1.29 is 13.2 Å². The fourth-order valence-corrected chi connectivity index (χ4v) is 2.60. The molecule has 0 saturated carbocycles. The highest BCUT2D eigenvalue weighted by molar-refractivity contribution is 7.98. The molecule has 2 aromatic rings. The minimum atomic E-state index is -4.44. The number of alkyl halides is 3. The van der Waals surface area contributed by atoms with Gasteiger partial charge in [-0.15, -0.1) is 11.8 Å². The Kier molecular flexibility index (Phi) is 4.35. The lowest BCUT2D eigenvalue weighted by molar-refractivity contribution is -0.137. The zero-order chi connectivity index (χ0) is 14.6. The van der Waals surface area contributed by atoms with Gasteiger partial charge in [-0.25, -0.2) is 0 Å². The second kappa shape index (κ2) is 6.02. The first kappa shape index (κ1) is 14.5. The molecule has 0 aromatic heterocycles. The predicted octanol–water partition coefficient (Wildman–Crippen LogP) is 4.87. The normalized spacial score (nSPS) is 11.1. The Hall–Kier alpha value is -1.93. The van der Waals surface area contributed by atoms with Crippen LogP contribution in [0.1, 0.15) is 16.7 Å². The first-order chi connectivity index (χ1) is 9.49. The van der Waals surface area contributed by atoms with Gasteiger partial charge in [0.2, 0.25) is 0 Å². The molecule has 0 N–H and O–H groups in total. The summed E-state index contributed by atoms with van der Waals surface area (Å²) in [6, 6.07) is 14.6. The van der Waals surface area contributed by atoms with Crippen LogP contribution in [0.2, 0.25) is 0 Å². The molecular weight excluding hydrogens is 283 g/mol. The SMILES string of the molecule is N#Cc1cc(SCc2ccccc2)cc(C(F)(F)F)c1. The van der Waals surface area contributed by atoms with Gasteiger partial charge >= 0.3 is 6.18 Å². The minimum absolute atomic E-state index is 0.0235. The molecule has 0 bridgehead atoms. The van der Waals surface area contributed by atoms with Crippen LogP contribution >= 0.6 is 11.8 Å². The van der Waals surface area contributed by atoms with E-state index in [4.69, 9.17) is 5.26 Å². The summed E-state index contributed by atoms with van der Waals surface area (Å²) in [5.74, 6) is 0.563. The van der Waals surface area contributed by atoms with Crippen LogP contribution in [0.3, 0.4) is 0 Å². The van der Waals surface area contributed by atoms with Crippen molar-refractivity contribution in [3.63, 3.8) is 0 Å². The van der Waals surface area contributed by atoms with Crippen molar-refractivity contribution in [3.8, 4) is 6.07 Å². The van der Waals surface area contributed by atoms with Crippen LogP contribution in [0.5, 0.6) is 0 Å². The van der Waals surface area contributed by atoms with E-state index < -0.39 is 11.7 Å². The molecule has 0 unspecified atom stereocenters. The van der Waals surface area contributed by atoms with Gasteiger partial charge in [0.05, 0.1) is 17.2 Å². The molecule has 5 heteroatoms. The summed E-state index contributed by atoms with van der Waals surface area (Å²) >= 11 is 1.28. The Balaban J connectivity index is 2.22. The third kappa shape index (κ3) is 3.78. The summed E-state index contributed by atoms with van der Waals surface area (Å²) in [4.78, 5) is 0.445. The topological polar surface area (TPSA) is 23.8 Å². The largest absolute Gasteiger partial charge is 0.416 e. The monoisotopic (exact) mass is 293 g/mol. The Bertz CT molecular complexity index is 630. The molecule has 2 aromatic carbocycles. The molecule has 0 atom stereocenters. The zero-order valence-corrected chi connectivity index (χ0v) is 11.1. The molecule has 0 saturated heterocycles. The molecule has 0 amide bonds. The third-order valence-electron chi connectivity index (χ3n) is 2.61. The summed E-state index contributed by atoms with van der Waals surface area (Å²) in [6.07, 6.45) is -4.44. The van der Waals surface area contributed by atoms with Crippen LogP contribution in [0.4, 0.5) is 13.2 Å². The van der Waals surface area contributed by atoms with Gasteiger partial charge in [0.1, 0.15) is 0 Å². The number of nitrogens with zero attached hydrogens (tertiary/aromatic N) is 1. The number of benzene rings is 2. The maximum atomic E-state index is 12.7. The molecule has 102 valence electrons. The van der Waals surface area contributed by atoms with Crippen LogP contribution in [0.15, 0.2) is 53.4 Å². The highest BCUT2D eigenvalue weighted by atomic mass is 32.2. The van der Waals surface area contributed by atoms with Gasteiger partial charge in [-0.05, 0) is 23.8 Å². The first-order valence-corrected chi connectivity index (χ1v) is 6.77. The predicted molar refractivity (Wildman–Crippen MR) is 72.2 cm³/mol. The number of hydrogen-bond acceptors (Lipinski definition) is 2. The molecule has 0 heterocycles. The van der Waals surface area contributed by atoms with Crippen molar-refractivity contribution in [1.82, 2.24) is 0 Å². The van der Waals surface area contributed by atoms with E-state index in [0.717, 1.165) is 17.7 Å². The summed E-state index contributed by atoms with van der Waals surface area (Å²) < 4.78 is 38.2. The van der Waals surface area contributed by atoms with Gasteiger partial charge in [0.25, 0.3) is 0 Å². The average molecular weight is 293 g/mol. The van der Waals surface area contributed by atoms with E-state index in [1.807, 2.05) is 30.3 Å². The standard InChI is InChI=1S/C15H10F3NS/c16-15(17,18)13-6-12(9-19)7-14(8-13)20-10-11-4-2-1-3-5-11/h1-8H,10H2. The van der Waals surface area contributed by atoms with E-state index in [2.05, 4.69) is 0 Å². The summed E-state index contributed by atoms with van der Waals surface area (Å²) in [6.45, 7) is 0. The van der Waals surface area contributed by atoms with Crippen LogP contribution in [0, 0.1) is 11.3 Å². The molecule has 0 aliphatic heterocycles. The fourth-order valence-electron chi connectivity index (χ4n) is 1.65. The van der Waals surface area contributed by atoms with Crippen molar-refractivity contribution in [2.45, 2.75) is 16.8 Å². The van der Waals surface area contributed by atoms with Crippen LogP contribution in [-0.2, 0) is 11.9 Å². The summed E-state index contributed by atoms with van der Waals surface area (Å²) in [5, 5.41) is 8.81. The highest BCUT2D eigenvalue weighted by Gasteiger charge is 2.31. The molecule has 0 aliphatic rings. The van der Waals surface area contributed by atoms with E-state index >= 15 is 0 Å². The lowest BCUT2D eigenvalue weighted by Gasteiger charge is -2.09. The van der Waals surface area contributed by atoms with E-state index in [9.17, 15) is 13.2 Å². The van der Waals surface area contributed by atoms with Gasteiger partial charge in [-0.3, -0.25) is 0 Å². The molecule has 20 heavy (non-hydrogen) atoms. The Labute approximate surface area is 119 Å². The second-order valence-corrected chi connectivity index (χ2v) is 5.18. The van der Waals surface area contributed by atoms with E-state index in [-0.39, 0.29) is 5.56 Å². The van der Waals surface area contributed by atoms with Crippen molar-refractivity contribution in [1.29, 1.82) is 5.26 Å². The van der Waals surface area contributed by atoms with E-state index in [0.29, 0.717) is 10.6 Å². The third-order valence-corrected chi connectivity index (χ3v) is 3.66. The van der Waals surface area contributed by atoms with Crippen LogP contribution < -0.4 is 0 Å². The minimum Gasteiger partial charge on any atom is -0.192 e. The Morgan fingerprint density at radius 2 is 1.75 bits per heavy atom. The lowest BCUT2D eigenvalue weighted by atomic mass is 10.1. The van der Waals surface area contributed by atoms with Gasteiger partial charge < -0.3 is 0 Å². The van der Waals surface area contributed by atoms with Crippen molar-refractivity contribution in [2.24, 2.45) is 0 Å². The van der Waals surface area contributed by atoms with Gasteiger partial charge in [0, 0.05) is 10.6 Å². The lowest BCUT2D eigenvalue weighted by Crippen LogP contribution is -2.05. The summed E-state index contributed by atoms with van der Waals surface area (Å²) in [5.41, 5.74) is 0.260. The first-order valence-electron chi connectivity index (χ1n) is 5.78. The zero-order valence-electron chi connectivity index (χ0n) is 10.3. The number of nitriles is 1. The molecule has 0 aliphatic carbocycles. The molecule has 0 spiro atoms.